The summed E-state index contributed by atoms with van der Waals surface area (Å²) >= 11 is -58.6. The van der Waals surface area contributed by atoms with Crippen LogP contribution in [0.1, 0.15) is 0 Å². The summed E-state index contributed by atoms with van der Waals surface area (Å²) in [7, 11) is 0. The van der Waals surface area contributed by atoms with Crippen molar-refractivity contribution in [3.8, 4) is 0 Å². The molecular weight excluding hydrogens is 3200 g/mol. The Labute approximate surface area is 609 Å². The Kier molecular flexibility index (Phi) is 327. The van der Waals surface area contributed by atoms with E-state index in [9.17, 15) is 0 Å². The minimum Gasteiger partial charge on any atom is 2.00 e. The second kappa shape index (κ2) is 142. The van der Waals surface area contributed by atoms with Crippen LogP contribution >= 0.6 is 0 Å². The molecule has 0 fully saturated rings. The third-order valence-electron chi connectivity index (χ3n) is 0. The molecule has 64 heteroatoms. The van der Waals surface area contributed by atoms with Crippen molar-refractivity contribution in [1.82, 2.24) is 0 Å². The van der Waals surface area contributed by atoms with Gasteiger partial charge >= 0.3 is 627 Å². The third kappa shape index (κ3) is 2200. The Hall–Kier alpha value is 13.9. The van der Waals surface area contributed by atoms with E-state index in [4.69, 9.17) is 139 Å². The van der Waals surface area contributed by atoms with E-state index in [1.165, 1.54) is 0 Å². The SMILES string of the molecule is [O]=[Ti]([O-])[O-].[O]=[Ti]([O-])[O-].[O]=[Ti]([O-])[O-].[O]=[Ti]([O-])[O-].[O]=[Ti]([O-])[O-].[O]=[Ti]([O-])[O-].[O]=[Ti]([O-])[O-].[O]=[Zr]([O-])[O-].[O]=[Zr]([O-])[O-].[O]=[Zr]([O-])[O-].[O]=[Zr]([O-])[O-].[O]=[Zr]([O-])[O-].[O]=[Zr]([O-])[O-].[O]=[Zr]([O-])[O-].[Pb+2].[Pb+2].[Pb+2].[Pb+2].[Ta+5].[Ta+5].[Ta+5].[Ta+5]. The standard InChI is InChI=1S/42O.4Pb.4Ta.7Ti.7Zr/q;;;;;;;;;;;;;;28*-1;4*+2;4*+5;;;;;;;;;;;;;;. The molecule has 0 N–H and O–H groups in total. The van der Waals surface area contributed by atoms with Gasteiger partial charge in [0.2, 0.25) is 0 Å². The summed E-state index contributed by atoms with van der Waals surface area (Å²) in [5, 5.41) is 0. The first-order chi connectivity index (χ1) is 24.2. The maximum absolute atomic E-state index is 8.61. The Morgan fingerprint density at radius 1 is 0.188 bits per heavy atom. The molecule has 0 aliphatic carbocycles. The van der Waals surface area contributed by atoms with Crippen LogP contribution in [0.5, 0.6) is 0 Å². The summed E-state index contributed by atoms with van der Waals surface area (Å²) in [5.74, 6) is 0. The molecular formula is O42Pb4Ta4Ti7Zr7. The quantitative estimate of drug-likeness (QED) is 0.203. The van der Waals surface area contributed by atoms with Gasteiger partial charge < -0.3 is 0 Å². The molecule has 0 saturated heterocycles. The topological polar surface area (TPSA) is 885 Å². The molecule has 8 radical (unpaired) electrons. The van der Waals surface area contributed by atoms with Crippen LogP contribution in [0.4, 0.5) is 0 Å². The van der Waals surface area contributed by atoms with Crippen molar-refractivity contribution in [2.45, 2.75) is 0 Å². The molecule has 0 bridgehead atoms. The largest absolute Gasteiger partial charge is 5.00 e. The normalized spacial score (nSPS) is 5.69. The van der Waals surface area contributed by atoms with E-state index in [2.05, 4.69) is 0 Å². The van der Waals surface area contributed by atoms with Gasteiger partial charge in [0.05, 0.1) is 0 Å². The van der Waals surface area contributed by atoms with Gasteiger partial charge in [-0.15, -0.1) is 0 Å². The number of hydrogen-bond donors (Lipinski definition) is 0. The van der Waals surface area contributed by atoms with Crippen LogP contribution in [0, 0.1) is 0 Å². The van der Waals surface area contributed by atoms with Gasteiger partial charge in [-0.25, -0.2) is 0 Å². The molecule has 0 amide bonds. The summed E-state index contributed by atoms with van der Waals surface area (Å²) in [6.45, 7) is 0. The summed E-state index contributed by atoms with van der Waals surface area (Å²) in [6, 6.07) is 0. The van der Waals surface area contributed by atoms with Crippen LogP contribution in [-0.4, -0.2) is 109 Å². The number of hydrogen-bond acceptors (Lipinski definition) is 42. The summed E-state index contributed by atoms with van der Waals surface area (Å²) in [5.41, 5.74) is 0. The molecule has 0 saturated carbocycles. The van der Waals surface area contributed by atoms with Gasteiger partial charge in [0.15, 0.2) is 0 Å². The number of rotatable bonds is 0. The van der Waals surface area contributed by atoms with Gasteiger partial charge in [-0.3, -0.25) is 0 Å². The van der Waals surface area contributed by atoms with Crippen LogP contribution < -0.4 is 96.2 Å². The van der Waals surface area contributed by atoms with Crippen LogP contribution in [0.3, 0.4) is 0 Å². The molecule has 0 aromatic carbocycles. The first kappa shape index (κ1) is 147. The molecule has 0 spiro atoms. The van der Waals surface area contributed by atoms with Gasteiger partial charge in [-0.2, -0.15) is 0 Å². The zero-order valence-corrected chi connectivity index (χ0v) is 84.5. The molecule has 0 aliphatic heterocycles. The van der Waals surface area contributed by atoms with Gasteiger partial charge in [0.25, 0.3) is 0 Å². The summed E-state index contributed by atoms with van der Waals surface area (Å²) in [6.07, 6.45) is 0. The van der Waals surface area contributed by atoms with E-state index in [0.29, 0.717) is 0 Å². The van der Waals surface area contributed by atoms with Crippen molar-refractivity contribution in [2.24, 2.45) is 0 Å². The van der Waals surface area contributed by atoms with E-state index in [0.717, 1.165) is 0 Å². The van der Waals surface area contributed by atoms with Crippen molar-refractivity contribution >= 4 is 109 Å². The van der Waals surface area contributed by atoms with Crippen molar-refractivity contribution in [1.29, 1.82) is 0 Å². The first-order valence-electron chi connectivity index (χ1n) is 8.57. The minimum atomic E-state index is -4.29. The average molecular weight is 3200 g/mol. The van der Waals surface area contributed by atoms with E-state index >= 15 is 0 Å². The van der Waals surface area contributed by atoms with Crippen molar-refractivity contribution in [2.75, 3.05) is 0 Å². The molecule has 0 heterocycles. The van der Waals surface area contributed by atoms with E-state index in [-0.39, 0.29) is 199 Å². The van der Waals surface area contributed by atoms with Gasteiger partial charge in [0, 0.05) is 0 Å². The van der Waals surface area contributed by atoms with Crippen LogP contribution in [0.25, 0.3) is 0 Å². The maximum atomic E-state index is 8.61. The predicted octanol–water partition coefficient (Wildman–Crippen LogP) is -36.5. The Bertz CT molecular complexity index is 744. The monoisotopic (exact) mass is 3190 g/mol. The Morgan fingerprint density at radius 2 is 0.188 bits per heavy atom. The second-order valence-corrected chi connectivity index (χ2v) is 17.6. The fourth-order valence-electron chi connectivity index (χ4n) is 0. The summed E-state index contributed by atoms with van der Waals surface area (Å²) in [4.78, 5) is 0. The predicted molar refractivity (Wildman–Crippen MR) is 32.6 cm³/mol. The fourth-order valence-corrected chi connectivity index (χ4v) is 0. The molecule has 0 unspecified atom stereocenters. The first-order valence-corrected chi connectivity index (χ1v) is 43.0. The maximum Gasteiger partial charge on any atom is 5.00 e. The Balaban J connectivity index is -0.0000000147. The van der Waals surface area contributed by atoms with Crippen molar-refractivity contribution in [3.63, 3.8) is 0 Å². The molecule has 344 valence electrons. The Morgan fingerprint density at radius 3 is 0.188 bits per heavy atom. The molecule has 42 nitrogen and oxygen atoms in total. The van der Waals surface area contributed by atoms with E-state index in [1.54, 1.807) is 0 Å². The van der Waals surface area contributed by atoms with Gasteiger partial charge in [0.1, 0.15) is 0 Å². The molecule has 64 heavy (non-hydrogen) atoms. The van der Waals surface area contributed by atoms with Crippen molar-refractivity contribution < 1.29 is 517 Å². The third-order valence-corrected chi connectivity index (χ3v) is 0. The van der Waals surface area contributed by atoms with Crippen LogP contribution in [-0.2, 0) is 421 Å². The molecule has 0 aliphatic rings. The van der Waals surface area contributed by atoms with Crippen LogP contribution in [0.15, 0.2) is 0 Å². The average Bonchev–Trinajstić information content (AvgIpc) is 2.73. The van der Waals surface area contributed by atoms with Crippen molar-refractivity contribution in [3.05, 3.63) is 0 Å². The minimum absolute atomic E-state index is 0. The van der Waals surface area contributed by atoms with E-state index < -0.39 is 289 Å². The smallest absolute Gasteiger partial charge is 2.00 e. The summed E-state index contributed by atoms with van der Waals surface area (Å²) < 4.78 is 361. The van der Waals surface area contributed by atoms with Crippen LogP contribution in [0.2, 0.25) is 0 Å². The zero-order chi connectivity index (χ0) is 50.1. The molecule has 0 atom stereocenters. The second-order valence-electron chi connectivity index (χ2n) is 3.50. The van der Waals surface area contributed by atoms with Gasteiger partial charge in [-0.1, -0.05) is 0 Å². The van der Waals surface area contributed by atoms with E-state index in [1.807, 2.05) is 0 Å². The molecule has 0 aromatic heterocycles. The fraction of sp³-hybridized carbons (Fsp3) is 0. The molecule has 0 rings (SSSR count). The zero-order valence-electron chi connectivity index (χ0n) is 27.9. The van der Waals surface area contributed by atoms with Gasteiger partial charge in [-0.05, 0) is 0 Å². The molecule has 0 aromatic rings.